The second-order valence-electron chi connectivity index (χ2n) is 9.55. The number of imide groups is 1. The third-order valence-corrected chi connectivity index (χ3v) is 7.91. The number of hydrogen-bond acceptors (Lipinski definition) is 3. The van der Waals surface area contributed by atoms with Gasteiger partial charge in [0.05, 0.1) is 11.8 Å². The van der Waals surface area contributed by atoms with Crippen LogP contribution in [0.1, 0.15) is 64.2 Å². The topological polar surface area (TPSA) is 57.7 Å². The average Bonchev–Trinajstić information content (AvgIpc) is 2.73. The van der Waals surface area contributed by atoms with Gasteiger partial charge in [-0.1, -0.05) is 12.8 Å². The van der Waals surface area contributed by atoms with Gasteiger partial charge in [-0.05, 0) is 62.7 Å². The van der Waals surface area contributed by atoms with Gasteiger partial charge >= 0.3 is 0 Å². The van der Waals surface area contributed by atoms with Crippen LogP contribution in [0, 0.1) is 29.6 Å². The van der Waals surface area contributed by atoms with E-state index < -0.39 is 0 Å². The van der Waals surface area contributed by atoms with E-state index in [0.29, 0.717) is 24.9 Å². The number of amides is 3. The highest BCUT2D eigenvalue weighted by Crippen LogP contribution is 2.47. The Bertz CT molecular complexity index is 595. The van der Waals surface area contributed by atoms with E-state index in [1.54, 1.807) is 0 Å². The molecule has 4 unspecified atom stereocenters. The number of hydrogen-bond donors (Lipinski definition) is 0. The molecule has 3 saturated heterocycles. The summed E-state index contributed by atoms with van der Waals surface area (Å²) in [7, 11) is 0. The predicted octanol–water partition coefficient (Wildman–Crippen LogP) is 2.59. The zero-order valence-electron chi connectivity index (χ0n) is 15.6. The van der Waals surface area contributed by atoms with Crippen LogP contribution in [0.2, 0.25) is 0 Å². The van der Waals surface area contributed by atoms with Crippen molar-refractivity contribution in [3.05, 3.63) is 0 Å². The molecule has 3 amide bonds. The quantitative estimate of drug-likeness (QED) is 0.729. The normalized spacial score (nSPS) is 41.5. The lowest BCUT2D eigenvalue weighted by Gasteiger charge is -2.39. The number of carbonyl (C=O) groups excluding carboxylic acids is 3. The summed E-state index contributed by atoms with van der Waals surface area (Å²) in [5, 5.41) is 0. The minimum Gasteiger partial charge on any atom is -0.339 e. The van der Waals surface area contributed by atoms with Crippen molar-refractivity contribution in [2.24, 2.45) is 29.6 Å². The van der Waals surface area contributed by atoms with E-state index in [-0.39, 0.29) is 29.6 Å². The summed E-state index contributed by atoms with van der Waals surface area (Å²) in [5.41, 5.74) is 0. The first-order chi connectivity index (χ1) is 12.6. The number of carbonyl (C=O) groups is 3. The van der Waals surface area contributed by atoms with Gasteiger partial charge in [0.1, 0.15) is 0 Å². The van der Waals surface area contributed by atoms with Gasteiger partial charge in [-0.3, -0.25) is 19.3 Å². The maximum Gasteiger partial charge on any atom is 0.233 e. The molecule has 3 saturated carbocycles. The molecule has 3 aliphatic heterocycles. The van der Waals surface area contributed by atoms with Crippen molar-refractivity contribution in [3.8, 4) is 0 Å². The Morgan fingerprint density at radius 1 is 0.846 bits per heavy atom. The summed E-state index contributed by atoms with van der Waals surface area (Å²) in [6.07, 6.45) is 10.4. The highest BCUT2D eigenvalue weighted by molar-refractivity contribution is 6.05. The molecular weight excluding hydrogens is 328 g/mol. The van der Waals surface area contributed by atoms with Crippen molar-refractivity contribution in [3.63, 3.8) is 0 Å². The van der Waals surface area contributed by atoms with Gasteiger partial charge in [-0.2, -0.15) is 0 Å². The van der Waals surface area contributed by atoms with Gasteiger partial charge in [-0.15, -0.1) is 0 Å². The Morgan fingerprint density at radius 2 is 1.42 bits per heavy atom. The Hall–Kier alpha value is -1.39. The largest absolute Gasteiger partial charge is 0.339 e. The van der Waals surface area contributed by atoms with Crippen LogP contribution in [0.25, 0.3) is 0 Å². The Kier molecular flexibility index (Phi) is 4.09. The van der Waals surface area contributed by atoms with Crippen molar-refractivity contribution in [2.45, 2.75) is 70.3 Å². The zero-order valence-corrected chi connectivity index (χ0v) is 15.6. The first-order valence-electron chi connectivity index (χ1n) is 10.7. The molecule has 0 aromatic carbocycles. The fraction of sp³-hybridized carbons (Fsp3) is 0.857. The highest BCUT2D eigenvalue weighted by Gasteiger charge is 2.48. The lowest BCUT2D eigenvalue weighted by Crippen LogP contribution is -2.44. The molecule has 0 aromatic rings. The van der Waals surface area contributed by atoms with Crippen molar-refractivity contribution < 1.29 is 14.4 Å². The molecule has 0 spiro atoms. The summed E-state index contributed by atoms with van der Waals surface area (Å²) in [5.74, 6) is 2.26. The molecule has 0 radical (unpaired) electrons. The number of rotatable bonds is 3. The minimum atomic E-state index is -0.101. The van der Waals surface area contributed by atoms with Crippen LogP contribution < -0.4 is 0 Å². The molecular formula is C21H30N2O3. The highest BCUT2D eigenvalue weighted by atomic mass is 16.2. The number of fused-ring (bicyclic) bond motifs is 2. The summed E-state index contributed by atoms with van der Waals surface area (Å²) in [6.45, 7) is 1.20. The van der Waals surface area contributed by atoms with Crippen LogP contribution in [0.5, 0.6) is 0 Å². The molecule has 5 nitrogen and oxygen atoms in total. The Morgan fingerprint density at radius 3 is 2.04 bits per heavy atom. The third-order valence-electron chi connectivity index (χ3n) is 7.91. The molecule has 6 rings (SSSR count). The zero-order chi connectivity index (χ0) is 17.8. The molecule has 3 aliphatic carbocycles. The van der Waals surface area contributed by atoms with Crippen molar-refractivity contribution in [2.75, 3.05) is 13.1 Å². The van der Waals surface area contributed by atoms with Crippen LogP contribution in [0.4, 0.5) is 0 Å². The minimum absolute atomic E-state index is 0.0108. The van der Waals surface area contributed by atoms with Crippen LogP contribution in [0.3, 0.4) is 0 Å². The van der Waals surface area contributed by atoms with Gasteiger partial charge in [0.25, 0.3) is 0 Å². The molecule has 4 atom stereocenters. The van der Waals surface area contributed by atoms with Gasteiger partial charge in [-0.25, -0.2) is 0 Å². The molecule has 4 bridgehead atoms. The molecule has 5 heteroatoms. The standard InChI is InChI=1S/C21H30N2O3/c24-19(23-12-15-8-13-7-14(9-15)11-16(23)10-13)5-6-22-20(25)17-3-1-2-4-18(17)21(22)26/h13-18H,1-12H2. The summed E-state index contributed by atoms with van der Waals surface area (Å²) in [4.78, 5) is 41.7. The van der Waals surface area contributed by atoms with Crippen molar-refractivity contribution in [1.82, 2.24) is 9.80 Å². The molecule has 6 aliphatic rings. The van der Waals surface area contributed by atoms with Crippen LogP contribution in [-0.4, -0.2) is 46.7 Å². The predicted molar refractivity (Wildman–Crippen MR) is 95.8 cm³/mol. The molecule has 26 heavy (non-hydrogen) atoms. The fourth-order valence-electron chi connectivity index (χ4n) is 6.89. The summed E-state index contributed by atoms with van der Waals surface area (Å²) < 4.78 is 0. The maximum atomic E-state index is 13.0. The van der Waals surface area contributed by atoms with Crippen LogP contribution in [0.15, 0.2) is 0 Å². The third kappa shape index (κ3) is 2.69. The van der Waals surface area contributed by atoms with E-state index in [1.807, 2.05) is 0 Å². The molecule has 6 fully saturated rings. The fourth-order valence-corrected chi connectivity index (χ4v) is 6.89. The maximum absolute atomic E-state index is 13.0. The smallest absolute Gasteiger partial charge is 0.233 e. The van der Waals surface area contributed by atoms with Crippen LogP contribution >= 0.6 is 0 Å². The van der Waals surface area contributed by atoms with E-state index in [9.17, 15) is 14.4 Å². The van der Waals surface area contributed by atoms with Gasteiger partial charge in [0.15, 0.2) is 0 Å². The summed E-state index contributed by atoms with van der Waals surface area (Å²) in [6, 6.07) is 0.409. The summed E-state index contributed by atoms with van der Waals surface area (Å²) >= 11 is 0. The van der Waals surface area contributed by atoms with E-state index in [2.05, 4.69) is 4.90 Å². The van der Waals surface area contributed by atoms with Crippen molar-refractivity contribution in [1.29, 1.82) is 0 Å². The lowest BCUT2D eigenvalue weighted by molar-refractivity contribution is -0.141. The second-order valence-corrected chi connectivity index (χ2v) is 9.55. The monoisotopic (exact) mass is 358 g/mol. The van der Waals surface area contributed by atoms with E-state index in [4.69, 9.17) is 0 Å². The molecule has 0 N–H and O–H groups in total. The molecule has 142 valence electrons. The van der Waals surface area contributed by atoms with E-state index in [0.717, 1.165) is 44.1 Å². The van der Waals surface area contributed by atoms with E-state index in [1.165, 1.54) is 37.0 Å². The van der Waals surface area contributed by atoms with Gasteiger partial charge < -0.3 is 4.90 Å². The van der Waals surface area contributed by atoms with Gasteiger partial charge in [0.2, 0.25) is 17.7 Å². The second kappa shape index (κ2) is 6.35. The molecule has 3 heterocycles. The Balaban J connectivity index is 1.24. The molecule has 0 aromatic heterocycles. The first-order valence-corrected chi connectivity index (χ1v) is 10.7. The van der Waals surface area contributed by atoms with Crippen LogP contribution in [-0.2, 0) is 14.4 Å². The first kappa shape index (κ1) is 16.8. The van der Waals surface area contributed by atoms with E-state index >= 15 is 0 Å². The lowest BCUT2D eigenvalue weighted by atomic mass is 9.68. The number of nitrogens with zero attached hydrogens (tertiary/aromatic N) is 2. The SMILES string of the molecule is O=C1C2CCCCC2C(=O)N1CCC(=O)N1CC2CC3CC(C2)CC1C3. The number of likely N-dealkylation sites (tertiary alicyclic amines) is 1. The van der Waals surface area contributed by atoms with Crippen molar-refractivity contribution >= 4 is 17.7 Å². The average molecular weight is 358 g/mol. The Labute approximate surface area is 155 Å². The van der Waals surface area contributed by atoms with Gasteiger partial charge in [0, 0.05) is 25.6 Å².